The number of aryl methyl sites for hydroxylation is 2. The predicted molar refractivity (Wildman–Crippen MR) is 178 cm³/mol. The molecule has 0 bridgehead atoms. The van der Waals surface area contributed by atoms with Gasteiger partial charge in [-0.15, -0.1) is 0 Å². The Bertz CT molecular complexity index is 2270. The largest absolute Gasteiger partial charge is 0.435 e. The van der Waals surface area contributed by atoms with Crippen molar-refractivity contribution in [3.8, 4) is 22.5 Å². The minimum Gasteiger partial charge on any atom is -0.348 e. The average molecular weight is 719 g/mol. The smallest absolute Gasteiger partial charge is 0.348 e. The number of aromatic nitrogens is 10. The number of benzene rings is 1. The highest BCUT2D eigenvalue weighted by molar-refractivity contribution is 5.90. The Labute approximate surface area is 293 Å². The Morgan fingerprint density at radius 2 is 1.83 bits per heavy atom. The molecule has 0 saturated heterocycles. The molecule has 270 valence electrons. The maximum absolute atomic E-state index is 15.5. The summed E-state index contributed by atoms with van der Waals surface area (Å²) >= 11 is 0. The maximum atomic E-state index is 15.5. The van der Waals surface area contributed by atoms with E-state index in [1.54, 1.807) is 68.0 Å². The Balaban J connectivity index is 1.06. The van der Waals surface area contributed by atoms with Crippen LogP contribution in [-0.2, 0) is 42.8 Å². The molecule has 52 heavy (non-hydrogen) atoms. The van der Waals surface area contributed by atoms with Gasteiger partial charge in [0.15, 0.2) is 11.3 Å². The minimum absolute atomic E-state index is 0.0508. The molecule has 0 unspecified atom stereocenters. The number of fused-ring (bicyclic) bond motifs is 1. The summed E-state index contributed by atoms with van der Waals surface area (Å²) in [5.74, 6) is -2.39. The summed E-state index contributed by atoms with van der Waals surface area (Å²) in [7, 11) is 3.51. The van der Waals surface area contributed by atoms with Crippen molar-refractivity contribution >= 4 is 22.8 Å². The van der Waals surface area contributed by atoms with Crippen LogP contribution in [0.4, 0.5) is 17.6 Å². The molecule has 3 atom stereocenters. The molecular formula is C34H34F4N12O2. The molecule has 0 spiro atoms. The summed E-state index contributed by atoms with van der Waals surface area (Å²) in [5.41, 5.74) is 0.937. The number of aromatic amines is 1. The quantitative estimate of drug-likeness (QED) is 0.170. The predicted octanol–water partition coefficient (Wildman–Crippen LogP) is 3.93. The van der Waals surface area contributed by atoms with Crippen LogP contribution in [0, 0.1) is 11.7 Å². The monoisotopic (exact) mass is 718 g/mol. The third kappa shape index (κ3) is 7.26. The van der Waals surface area contributed by atoms with Crippen LogP contribution in [0.3, 0.4) is 0 Å². The van der Waals surface area contributed by atoms with Gasteiger partial charge in [-0.05, 0) is 61.1 Å². The zero-order valence-electron chi connectivity index (χ0n) is 28.5. The van der Waals surface area contributed by atoms with Crippen molar-refractivity contribution in [1.82, 2.24) is 60.4 Å². The van der Waals surface area contributed by atoms with Gasteiger partial charge in [0.25, 0.3) is 0 Å². The van der Waals surface area contributed by atoms with Gasteiger partial charge in [0.05, 0.1) is 30.2 Å². The normalized spacial score (nSPS) is 16.6. The lowest BCUT2D eigenvalue weighted by atomic mass is 10.0. The fraction of sp³-hybridized carbons (Fsp3) is 0.353. The van der Waals surface area contributed by atoms with Gasteiger partial charge in [-0.2, -0.15) is 43.9 Å². The van der Waals surface area contributed by atoms with Crippen molar-refractivity contribution < 1.29 is 27.2 Å². The number of amides is 2. The molecule has 5 aromatic heterocycles. The summed E-state index contributed by atoms with van der Waals surface area (Å²) in [4.78, 5) is 31.7. The number of alkyl halides is 3. The second kappa shape index (κ2) is 13.0. The van der Waals surface area contributed by atoms with Crippen LogP contribution >= 0.6 is 0 Å². The highest BCUT2D eigenvalue weighted by atomic mass is 19.4. The second-order valence-corrected chi connectivity index (χ2v) is 13.7. The van der Waals surface area contributed by atoms with Gasteiger partial charge in [0.2, 0.25) is 11.8 Å². The highest BCUT2D eigenvalue weighted by Gasteiger charge is 2.46. The number of nitrogens with one attached hydrogen (secondary N) is 3. The molecule has 18 heteroatoms. The van der Waals surface area contributed by atoms with Crippen molar-refractivity contribution in [3.05, 3.63) is 84.0 Å². The zero-order chi connectivity index (χ0) is 36.9. The second-order valence-electron chi connectivity index (χ2n) is 13.7. The Morgan fingerprint density at radius 3 is 2.52 bits per heavy atom. The lowest BCUT2D eigenvalue weighted by Crippen LogP contribution is -2.55. The molecule has 1 aliphatic rings. The van der Waals surface area contributed by atoms with E-state index in [1.165, 1.54) is 12.3 Å². The summed E-state index contributed by atoms with van der Waals surface area (Å²) in [6.45, 7) is 3.09. The average Bonchev–Trinajstić information content (AvgIpc) is 3.48. The molecule has 6 aromatic rings. The SMILES string of the molecule is Cn1cc(C[C@@H](NC(=O)[C@H]2C[C@@H]2c2ccc(-c3cnc4nn(C)cc4c3)cc2F)C(=O)NC(C)(C)Cn2nc(C(F)(F)F)cc2-c2cn[nH]n2)cn1. The molecule has 14 nitrogen and oxygen atoms in total. The molecule has 1 fully saturated rings. The van der Waals surface area contributed by atoms with Gasteiger partial charge in [0, 0.05) is 56.0 Å². The number of halogens is 4. The van der Waals surface area contributed by atoms with Gasteiger partial charge in [0.1, 0.15) is 17.6 Å². The Kier molecular flexibility index (Phi) is 8.62. The van der Waals surface area contributed by atoms with Gasteiger partial charge in [-0.25, -0.2) is 9.37 Å². The summed E-state index contributed by atoms with van der Waals surface area (Å²) in [6.07, 6.45) is 3.78. The first-order chi connectivity index (χ1) is 24.6. The molecule has 2 amide bonds. The van der Waals surface area contributed by atoms with Crippen molar-refractivity contribution in [2.45, 2.75) is 56.9 Å². The number of hydrogen-bond acceptors (Lipinski definition) is 8. The van der Waals surface area contributed by atoms with Crippen LogP contribution in [0.2, 0.25) is 0 Å². The van der Waals surface area contributed by atoms with Crippen LogP contribution in [0.5, 0.6) is 0 Å². The van der Waals surface area contributed by atoms with Crippen LogP contribution < -0.4 is 10.6 Å². The molecule has 0 aliphatic heterocycles. The lowest BCUT2D eigenvalue weighted by Gasteiger charge is -2.29. The van der Waals surface area contributed by atoms with E-state index in [4.69, 9.17) is 0 Å². The minimum atomic E-state index is -4.71. The zero-order valence-corrected chi connectivity index (χ0v) is 28.5. The first-order valence-electron chi connectivity index (χ1n) is 16.3. The van der Waals surface area contributed by atoms with Crippen molar-refractivity contribution in [3.63, 3.8) is 0 Å². The molecule has 0 radical (unpaired) electrons. The van der Waals surface area contributed by atoms with Crippen LogP contribution in [0.1, 0.15) is 43.0 Å². The molecule has 1 saturated carbocycles. The Hall–Kier alpha value is -5.94. The lowest BCUT2D eigenvalue weighted by molar-refractivity contribution is -0.141. The van der Waals surface area contributed by atoms with E-state index < -0.39 is 47.0 Å². The fourth-order valence-corrected chi connectivity index (χ4v) is 6.37. The van der Waals surface area contributed by atoms with Gasteiger partial charge >= 0.3 is 6.18 Å². The number of carbonyl (C=O) groups is 2. The topological polar surface area (TPSA) is 166 Å². The summed E-state index contributed by atoms with van der Waals surface area (Å²) in [6, 6.07) is 6.56. The van der Waals surface area contributed by atoms with Crippen LogP contribution in [0.15, 0.2) is 61.3 Å². The molecule has 5 heterocycles. The maximum Gasteiger partial charge on any atom is 0.435 e. The van der Waals surface area contributed by atoms with Gasteiger partial charge in [-0.3, -0.25) is 23.6 Å². The molecular weight excluding hydrogens is 684 g/mol. The molecule has 1 aromatic carbocycles. The van der Waals surface area contributed by atoms with Crippen molar-refractivity contribution in [1.29, 1.82) is 0 Å². The molecule has 7 rings (SSSR count). The van der Waals surface area contributed by atoms with E-state index in [-0.39, 0.29) is 30.3 Å². The van der Waals surface area contributed by atoms with E-state index in [0.717, 1.165) is 21.7 Å². The van der Waals surface area contributed by atoms with E-state index in [2.05, 4.69) is 46.3 Å². The number of H-pyrrole nitrogens is 1. The number of hydrogen-bond donors (Lipinski definition) is 3. The fourth-order valence-electron chi connectivity index (χ4n) is 6.37. The van der Waals surface area contributed by atoms with Gasteiger partial charge < -0.3 is 10.6 Å². The van der Waals surface area contributed by atoms with Crippen LogP contribution in [0.25, 0.3) is 33.5 Å². The van der Waals surface area contributed by atoms with Crippen LogP contribution in [-0.4, -0.2) is 73.1 Å². The third-order valence-corrected chi connectivity index (χ3v) is 8.92. The molecule has 3 N–H and O–H groups in total. The van der Waals surface area contributed by atoms with Crippen molar-refractivity contribution in [2.75, 3.05) is 0 Å². The van der Waals surface area contributed by atoms with E-state index >= 15 is 4.39 Å². The Morgan fingerprint density at radius 1 is 1.02 bits per heavy atom. The van der Waals surface area contributed by atoms with E-state index in [0.29, 0.717) is 28.8 Å². The summed E-state index contributed by atoms with van der Waals surface area (Å²) < 4.78 is 60.6. The van der Waals surface area contributed by atoms with E-state index in [1.807, 2.05) is 12.3 Å². The first-order valence-corrected chi connectivity index (χ1v) is 16.3. The van der Waals surface area contributed by atoms with Gasteiger partial charge in [-0.1, -0.05) is 12.1 Å². The number of carbonyl (C=O) groups excluding carboxylic acids is 2. The number of rotatable bonds is 11. The summed E-state index contributed by atoms with van der Waals surface area (Å²) in [5, 5.41) is 28.6. The van der Waals surface area contributed by atoms with E-state index in [9.17, 15) is 22.8 Å². The standard InChI is InChI=1S/C34H34F4N12O2/c1-33(2,17-50-28(27-14-40-47-44-27)11-29(45-50)34(36,37)38)43-32(52)26(7-18-12-41-48(3)15-18)42-31(51)24-10-23(24)22-6-5-19(9-25(22)35)20-8-21-16-49(4)46-30(21)39-13-20/h5-6,8-9,11-16,23-24,26H,7,10,17H2,1-4H3,(H,42,51)(H,43,52)(H,40,44,47)/t23-,24+,26-/m1/s1. The first kappa shape index (κ1) is 34.5. The number of nitrogens with zero attached hydrogens (tertiary/aromatic N) is 9. The third-order valence-electron chi connectivity index (χ3n) is 8.92. The highest BCUT2D eigenvalue weighted by Crippen LogP contribution is 2.49. The number of pyridine rings is 1. The molecule has 1 aliphatic carbocycles. The van der Waals surface area contributed by atoms with Crippen molar-refractivity contribution in [2.24, 2.45) is 20.0 Å².